The van der Waals surface area contributed by atoms with Crippen molar-refractivity contribution < 1.29 is 13.5 Å². The zero-order chi connectivity index (χ0) is 12.3. The molecule has 94 valence electrons. The van der Waals surface area contributed by atoms with Gasteiger partial charge >= 0.3 is 0 Å². The first-order valence-corrected chi connectivity index (χ1v) is 5.91. The SMILES string of the molecule is COC1CCCC1NCc1ccc(F)cc1F. The van der Waals surface area contributed by atoms with E-state index < -0.39 is 11.6 Å². The van der Waals surface area contributed by atoms with Gasteiger partial charge in [-0.2, -0.15) is 0 Å². The van der Waals surface area contributed by atoms with E-state index in [2.05, 4.69) is 5.32 Å². The summed E-state index contributed by atoms with van der Waals surface area (Å²) in [6, 6.07) is 3.95. The summed E-state index contributed by atoms with van der Waals surface area (Å²) in [5, 5.41) is 3.27. The number of halogens is 2. The number of ether oxygens (including phenoxy) is 1. The van der Waals surface area contributed by atoms with Gasteiger partial charge in [0.1, 0.15) is 11.6 Å². The van der Waals surface area contributed by atoms with Crippen LogP contribution in [0.25, 0.3) is 0 Å². The molecule has 1 saturated carbocycles. The molecule has 1 aliphatic carbocycles. The highest BCUT2D eigenvalue weighted by atomic mass is 19.1. The van der Waals surface area contributed by atoms with E-state index in [0.717, 1.165) is 25.3 Å². The van der Waals surface area contributed by atoms with Crippen molar-refractivity contribution in [2.24, 2.45) is 0 Å². The molecule has 2 rings (SSSR count). The van der Waals surface area contributed by atoms with Crippen LogP contribution in [-0.2, 0) is 11.3 Å². The molecule has 2 unspecified atom stereocenters. The maximum absolute atomic E-state index is 13.4. The van der Waals surface area contributed by atoms with Crippen LogP contribution in [0.4, 0.5) is 8.78 Å². The molecule has 1 N–H and O–H groups in total. The first-order valence-electron chi connectivity index (χ1n) is 5.91. The first-order chi connectivity index (χ1) is 8.20. The lowest BCUT2D eigenvalue weighted by Gasteiger charge is -2.19. The molecule has 2 atom stereocenters. The Kier molecular flexibility index (Phi) is 4.07. The van der Waals surface area contributed by atoms with Crippen molar-refractivity contribution >= 4 is 0 Å². The monoisotopic (exact) mass is 241 g/mol. The maximum Gasteiger partial charge on any atom is 0.130 e. The average Bonchev–Trinajstić information content (AvgIpc) is 2.75. The summed E-state index contributed by atoms with van der Waals surface area (Å²) in [5.74, 6) is -1.04. The van der Waals surface area contributed by atoms with Crippen LogP contribution < -0.4 is 5.32 Å². The van der Waals surface area contributed by atoms with Gasteiger partial charge in [0, 0.05) is 31.3 Å². The van der Waals surface area contributed by atoms with Gasteiger partial charge in [-0.05, 0) is 25.3 Å². The second kappa shape index (κ2) is 5.56. The minimum absolute atomic E-state index is 0.207. The normalized spacial score (nSPS) is 24.2. The third-order valence-corrected chi connectivity index (χ3v) is 3.33. The van der Waals surface area contributed by atoms with Crippen LogP contribution in [0.2, 0.25) is 0 Å². The molecule has 0 aliphatic heterocycles. The summed E-state index contributed by atoms with van der Waals surface area (Å²) < 4.78 is 31.5. The lowest BCUT2D eigenvalue weighted by atomic mass is 10.1. The van der Waals surface area contributed by atoms with Gasteiger partial charge in [-0.1, -0.05) is 6.07 Å². The molecule has 0 amide bonds. The number of nitrogens with one attached hydrogen (secondary N) is 1. The Labute approximate surface area is 100.0 Å². The molecular formula is C13H17F2NO. The predicted molar refractivity (Wildman–Crippen MR) is 61.6 cm³/mol. The Bertz CT molecular complexity index is 384. The fourth-order valence-electron chi connectivity index (χ4n) is 2.35. The number of methoxy groups -OCH3 is 1. The van der Waals surface area contributed by atoms with Gasteiger partial charge in [0.05, 0.1) is 6.10 Å². The van der Waals surface area contributed by atoms with E-state index in [0.29, 0.717) is 12.1 Å². The lowest BCUT2D eigenvalue weighted by molar-refractivity contribution is 0.0846. The Balaban J connectivity index is 1.93. The van der Waals surface area contributed by atoms with Gasteiger partial charge in [0.2, 0.25) is 0 Å². The first kappa shape index (κ1) is 12.5. The molecule has 0 bridgehead atoms. The molecule has 17 heavy (non-hydrogen) atoms. The Morgan fingerprint density at radius 2 is 2.18 bits per heavy atom. The van der Waals surface area contributed by atoms with Crippen molar-refractivity contribution in [1.29, 1.82) is 0 Å². The maximum atomic E-state index is 13.4. The molecule has 0 spiro atoms. The number of benzene rings is 1. The van der Waals surface area contributed by atoms with Gasteiger partial charge < -0.3 is 10.1 Å². The second-order valence-corrected chi connectivity index (χ2v) is 4.43. The minimum atomic E-state index is -0.540. The molecule has 1 aliphatic rings. The van der Waals surface area contributed by atoms with E-state index >= 15 is 0 Å². The van der Waals surface area contributed by atoms with Crippen LogP contribution in [0, 0.1) is 11.6 Å². The smallest absolute Gasteiger partial charge is 0.130 e. The highest BCUT2D eigenvalue weighted by Gasteiger charge is 2.26. The third-order valence-electron chi connectivity index (χ3n) is 3.33. The lowest BCUT2D eigenvalue weighted by Crippen LogP contribution is -2.36. The molecule has 0 radical (unpaired) electrons. The quantitative estimate of drug-likeness (QED) is 0.875. The Morgan fingerprint density at radius 1 is 1.35 bits per heavy atom. The molecule has 1 aromatic rings. The number of hydrogen-bond donors (Lipinski definition) is 1. The average molecular weight is 241 g/mol. The van der Waals surface area contributed by atoms with Crippen LogP contribution in [0.15, 0.2) is 18.2 Å². The fraction of sp³-hybridized carbons (Fsp3) is 0.538. The fourth-order valence-corrected chi connectivity index (χ4v) is 2.35. The van der Waals surface area contributed by atoms with Crippen molar-refractivity contribution in [2.45, 2.75) is 38.0 Å². The van der Waals surface area contributed by atoms with Crippen LogP contribution in [0.3, 0.4) is 0 Å². The van der Waals surface area contributed by atoms with Crippen LogP contribution >= 0.6 is 0 Å². The van der Waals surface area contributed by atoms with Gasteiger partial charge in [0.15, 0.2) is 0 Å². The van der Waals surface area contributed by atoms with Crippen LogP contribution in [-0.4, -0.2) is 19.3 Å². The summed E-state index contributed by atoms with van der Waals surface area (Å²) in [5.41, 5.74) is 0.494. The van der Waals surface area contributed by atoms with Crippen molar-refractivity contribution in [3.8, 4) is 0 Å². The number of hydrogen-bond acceptors (Lipinski definition) is 2. The van der Waals surface area contributed by atoms with Crippen LogP contribution in [0.1, 0.15) is 24.8 Å². The molecule has 0 aromatic heterocycles. The molecule has 2 nitrogen and oxygen atoms in total. The molecule has 0 saturated heterocycles. The van der Waals surface area contributed by atoms with Crippen molar-refractivity contribution in [1.82, 2.24) is 5.32 Å². The van der Waals surface area contributed by atoms with E-state index in [1.165, 1.54) is 12.1 Å². The molecule has 4 heteroatoms. The van der Waals surface area contributed by atoms with Gasteiger partial charge in [-0.25, -0.2) is 8.78 Å². The zero-order valence-corrected chi connectivity index (χ0v) is 9.88. The standard InChI is InChI=1S/C13H17F2NO/c1-17-13-4-2-3-12(13)16-8-9-5-6-10(14)7-11(9)15/h5-7,12-13,16H,2-4,8H2,1H3. The van der Waals surface area contributed by atoms with E-state index in [1.54, 1.807) is 7.11 Å². The molecule has 0 heterocycles. The highest BCUT2D eigenvalue weighted by Crippen LogP contribution is 2.22. The summed E-state index contributed by atoms with van der Waals surface area (Å²) >= 11 is 0. The zero-order valence-electron chi connectivity index (χ0n) is 9.88. The molecule has 1 fully saturated rings. The summed E-state index contributed by atoms with van der Waals surface area (Å²) in [7, 11) is 1.70. The van der Waals surface area contributed by atoms with Crippen molar-refractivity contribution in [3.05, 3.63) is 35.4 Å². The third kappa shape index (κ3) is 3.01. The van der Waals surface area contributed by atoms with Gasteiger partial charge in [0.25, 0.3) is 0 Å². The van der Waals surface area contributed by atoms with Gasteiger partial charge in [-0.3, -0.25) is 0 Å². The van der Waals surface area contributed by atoms with E-state index in [-0.39, 0.29) is 12.1 Å². The minimum Gasteiger partial charge on any atom is -0.380 e. The largest absolute Gasteiger partial charge is 0.380 e. The number of rotatable bonds is 4. The summed E-state index contributed by atoms with van der Waals surface area (Å²) in [6.45, 7) is 0.413. The van der Waals surface area contributed by atoms with Crippen LogP contribution in [0.5, 0.6) is 0 Å². The Morgan fingerprint density at radius 3 is 2.88 bits per heavy atom. The summed E-state index contributed by atoms with van der Waals surface area (Å²) in [6.07, 6.45) is 3.42. The highest BCUT2D eigenvalue weighted by molar-refractivity contribution is 5.18. The van der Waals surface area contributed by atoms with Gasteiger partial charge in [-0.15, -0.1) is 0 Å². The van der Waals surface area contributed by atoms with E-state index in [9.17, 15) is 8.78 Å². The van der Waals surface area contributed by atoms with E-state index in [4.69, 9.17) is 4.74 Å². The topological polar surface area (TPSA) is 21.3 Å². The predicted octanol–water partition coefficient (Wildman–Crippen LogP) is 2.62. The molecular weight excluding hydrogens is 224 g/mol. The van der Waals surface area contributed by atoms with Crippen molar-refractivity contribution in [3.63, 3.8) is 0 Å². The Hall–Kier alpha value is -1.00. The molecule has 1 aromatic carbocycles. The van der Waals surface area contributed by atoms with E-state index in [1.807, 2.05) is 0 Å². The van der Waals surface area contributed by atoms with Crippen molar-refractivity contribution in [2.75, 3.05) is 7.11 Å². The summed E-state index contributed by atoms with van der Waals surface area (Å²) in [4.78, 5) is 0. The second-order valence-electron chi connectivity index (χ2n) is 4.43.